The predicted octanol–water partition coefficient (Wildman–Crippen LogP) is 2.53. The minimum atomic E-state index is -0.142. The van der Waals surface area contributed by atoms with Crippen LogP contribution in [0.15, 0.2) is 24.3 Å². The van der Waals surface area contributed by atoms with Crippen LogP contribution in [0.5, 0.6) is 0 Å². The Morgan fingerprint density at radius 1 is 1.21 bits per heavy atom. The fourth-order valence-electron chi connectivity index (χ4n) is 1.75. The van der Waals surface area contributed by atoms with E-state index in [0.29, 0.717) is 16.3 Å². The van der Waals surface area contributed by atoms with E-state index >= 15 is 0 Å². The number of nitrogens with zero attached hydrogens (tertiary/aromatic N) is 1. The van der Waals surface area contributed by atoms with Crippen LogP contribution < -0.4 is 5.32 Å². The summed E-state index contributed by atoms with van der Waals surface area (Å²) < 4.78 is 2.04. The van der Waals surface area contributed by atoms with Crippen LogP contribution in [0.25, 0.3) is 0 Å². The smallest absolute Gasteiger partial charge is 0.261 e. The molecular formula is C14H16N2O2S. The molecule has 0 saturated carbocycles. The number of carbonyl (C=O) groups is 2. The van der Waals surface area contributed by atoms with Gasteiger partial charge in [0.25, 0.3) is 5.91 Å². The van der Waals surface area contributed by atoms with Gasteiger partial charge in [0.05, 0.1) is 16.3 Å². The van der Waals surface area contributed by atoms with Crippen LogP contribution in [0.4, 0.5) is 0 Å². The van der Waals surface area contributed by atoms with Crippen molar-refractivity contribution < 1.29 is 9.59 Å². The Kier molecular flexibility index (Phi) is 3.85. The van der Waals surface area contributed by atoms with Crippen molar-refractivity contribution in [2.75, 3.05) is 0 Å². The molecule has 0 atom stereocenters. The first-order chi connectivity index (χ1) is 8.99. The van der Waals surface area contributed by atoms with Gasteiger partial charge in [0, 0.05) is 18.4 Å². The third kappa shape index (κ3) is 2.93. The van der Waals surface area contributed by atoms with E-state index < -0.39 is 0 Å². The van der Waals surface area contributed by atoms with Crippen LogP contribution in [-0.2, 0) is 13.6 Å². The van der Waals surface area contributed by atoms with Gasteiger partial charge >= 0.3 is 0 Å². The molecule has 0 aliphatic heterocycles. The monoisotopic (exact) mass is 276 g/mol. The Morgan fingerprint density at radius 2 is 1.89 bits per heavy atom. The molecule has 0 aromatic carbocycles. The van der Waals surface area contributed by atoms with Crippen LogP contribution in [0.3, 0.4) is 0 Å². The summed E-state index contributed by atoms with van der Waals surface area (Å²) in [4.78, 5) is 24.3. The first-order valence-corrected chi connectivity index (χ1v) is 6.81. The average Bonchev–Trinajstić information content (AvgIpc) is 2.97. The van der Waals surface area contributed by atoms with E-state index in [1.165, 1.54) is 18.3 Å². The highest BCUT2D eigenvalue weighted by molar-refractivity contribution is 7.15. The second-order valence-electron chi connectivity index (χ2n) is 4.43. The van der Waals surface area contributed by atoms with E-state index in [2.05, 4.69) is 5.32 Å². The topological polar surface area (TPSA) is 51.1 Å². The van der Waals surface area contributed by atoms with Crippen molar-refractivity contribution in [3.63, 3.8) is 0 Å². The van der Waals surface area contributed by atoms with Crippen LogP contribution in [0.1, 0.15) is 37.7 Å². The molecule has 100 valence electrons. The van der Waals surface area contributed by atoms with Crippen molar-refractivity contribution in [2.45, 2.75) is 20.4 Å². The minimum Gasteiger partial charge on any atom is -0.350 e. The highest BCUT2D eigenvalue weighted by Gasteiger charge is 2.11. The molecular weight excluding hydrogens is 260 g/mol. The van der Waals surface area contributed by atoms with Gasteiger partial charge in [0.2, 0.25) is 0 Å². The maximum Gasteiger partial charge on any atom is 0.261 e. The lowest BCUT2D eigenvalue weighted by Crippen LogP contribution is -2.23. The first kappa shape index (κ1) is 13.5. The molecule has 1 amide bonds. The molecule has 0 fully saturated rings. The molecule has 0 bridgehead atoms. The van der Waals surface area contributed by atoms with Crippen molar-refractivity contribution in [1.82, 2.24) is 9.88 Å². The van der Waals surface area contributed by atoms with Gasteiger partial charge in [-0.05, 0) is 38.1 Å². The van der Waals surface area contributed by atoms with Gasteiger partial charge in [0.15, 0.2) is 5.78 Å². The lowest BCUT2D eigenvalue weighted by atomic mass is 10.3. The normalized spacial score (nSPS) is 10.5. The molecule has 5 heteroatoms. The van der Waals surface area contributed by atoms with Crippen molar-refractivity contribution in [1.29, 1.82) is 0 Å². The lowest BCUT2D eigenvalue weighted by Gasteiger charge is -2.06. The quantitative estimate of drug-likeness (QED) is 0.872. The van der Waals surface area contributed by atoms with Gasteiger partial charge in [-0.2, -0.15) is 0 Å². The fourth-order valence-corrected chi connectivity index (χ4v) is 2.57. The van der Waals surface area contributed by atoms with Crippen LogP contribution in [0, 0.1) is 6.92 Å². The Bertz CT molecular complexity index is 625. The van der Waals surface area contributed by atoms with E-state index in [1.54, 1.807) is 12.1 Å². The number of nitrogens with one attached hydrogen (secondary N) is 1. The maximum absolute atomic E-state index is 12.0. The average molecular weight is 276 g/mol. The second-order valence-corrected chi connectivity index (χ2v) is 5.51. The van der Waals surface area contributed by atoms with Crippen molar-refractivity contribution in [3.05, 3.63) is 45.4 Å². The van der Waals surface area contributed by atoms with Gasteiger partial charge in [-0.25, -0.2) is 0 Å². The van der Waals surface area contributed by atoms with Crippen LogP contribution >= 0.6 is 11.3 Å². The number of aryl methyl sites for hydroxylation is 1. The van der Waals surface area contributed by atoms with Crippen LogP contribution in [0.2, 0.25) is 0 Å². The summed E-state index contributed by atoms with van der Waals surface area (Å²) in [5.41, 5.74) is 2.20. The molecule has 2 aromatic heterocycles. The number of ketones is 1. The highest BCUT2D eigenvalue weighted by Crippen LogP contribution is 2.17. The van der Waals surface area contributed by atoms with Gasteiger partial charge in [-0.3, -0.25) is 9.59 Å². The second kappa shape index (κ2) is 5.40. The zero-order valence-corrected chi connectivity index (χ0v) is 12.0. The van der Waals surface area contributed by atoms with Crippen molar-refractivity contribution in [3.8, 4) is 0 Å². The third-order valence-electron chi connectivity index (χ3n) is 3.08. The highest BCUT2D eigenvalue weighted by atomic mass is 32.1. The number of hydrogen-bond donors (Lipinski definition) is 1. The molecule has 0 aliphatic carbocycles. The summed E-state index contributed by atoms with van der Waals surface area (Å²) >= 11 is 1.23. The molecule has 0 unspecified atom stereocenters. The summed E-state index contributed by atoms with van der Waals surface area (Å²) in [5, 5.41) is 2.86. The molecule has 2 aromatic rings. The molecule has 0 spiro atoms. The van der Waals surface area contributed by atoms with Crippen molar-refractivity contribution >= 4 is 23.0 Å². The molecule has 2 heterocycles. The molecule has 2 rings (SSSR count). The molecule has 4 nitrogen and oxygen atoms in total. The van der Waals surface area contributed by atoms with E-state index in [1.807, 2.05) is 30.7 Å². The maximum atomic E-state index is 12.0. The predicted molar refractivity (Wildman–Crippen MR) is 75.6 cm³/mol. The summed E-state index contributed by atoms with van der Waals surface area (Å²) in [6.07, 6.45) is 0. The largest absolute Gasteiger partial charge is 0.350 e. The van der Waals surface area contributed by atoms with Crippen molar-refractivity contribution in [2.24, 2.45) is 7.05 Å². The molecule has 0 radical (unpaired) electrons. The van der Waals surface area contributed by atoms with E-state index in [0.717, 1.165) is 11.4 Å². The van der Waals surface area contributed by atoms with E-state index in [4.69, 9.17) is 0 Å². The van der Waals surface area contributed by atoms with Gasteiger partial charge in [0.1, 0.15) is 0 Å². The number of thiophene rings is 1. The Balaban J connectivity index is 2.01. The lowest BCUT2D eigenvalue weighted by molar-refractivity contribution is 0.0953. The third-order valence-corrected chi connectivity index (χ3v) is 4.27. The number of amides is 1. The van der Waals surface area contributed by atoms with Crippen LogP contribution in [-0.4, -0.2) is 16.3 Å². The molecule has 0 saturated heterocycles. The standard InChI is InChI=1S/C14H16N2O2S/c1-9-4-5-11(16(9)3)8-15-14(18)13-7-6-12(19-13)10(2)17/h4-7H,8H2,1-3H3,(H,15,18). The summed E-state index contributed by atoms with van der Waals surface area (Å²) in [6.45, 7) is 4.00. The summed E-state index contributed by atoms with van der Waals surface area (Å²) in [7, 11) is 1.97. The number of aromatic nitrogens is 1. The summed E-state index contributed by atoms with van der Waals surface area (Å²) in [5.74, 6) is -0.154. The Hall–Kier alpha value is -1.88. The Morgan fingerprint density at radius 3 is 2.42 bits per heavy atom. The SMILES string of the molecule is CC(=O)c1ccc(C(=O)NCc2ccc(C)n2C)s1. The van der Waals surface area contributed by atoms with E-state index in [9.17, 15) is 9.59 Å². The molecule has 1 N–H and O–H groups in total. The first-order valence-electron chi connectivity index (χ1n) is 5.99. The number of rotatable bonds is 4. The number of carbonyl (C=O) groups excluding carboxylic acids is 2. The fraction of sp³-hybridized carbons (Fsp3) is 0.286. The van der Waals surface area contributed by atoms with E-state index in [-0.39, 0.29) is 11.7 Å². The number of hydrogen-bond acceptors (Lipinski definition) is 3. The summed E-state index contributed by atoms with van der Waals surface area (Å²) in [6, 6.07) is 7.38. The van der Waals surface area contributed by atoms with Gasteiger partial charge in [-0.15, -0.1) is 11.3 Å². The van der Waals surface area contributed by atoms with Gasteiger partial charge in [-0.1, -0.05) is 0 Å². The number of Topliss-reactive ketones (excluding diaryl/α,β-unsaturated/α-hetero) is 1. The molecule has 19 heavy (non-hydrogen) atoms. The van der Waals surface area contributed by atoms with Gasteiger partial charge < -0.3 is 9.88 Å². The zero-order chi connectivity index (χ0) is 14.0. The zero-order valence-electron chi connectivity index (χ0n) is 11.2. The molecule has 0 aliphatic rings. The minimum absolute atomic E-state index is 0.0119. The Labute approximate surface area is 116 Å².